The number of hydrogen-bond donors (Lipinski definition) is 0. The van der Waals surface area contributed by atoms with Crippen molar-refractivity contribution < 1.29 is 31.1 Å². The van der Waals surface area contributed by atoms with E-state index in [1.165, 1.54) is 11.1 Å². The molecule has 244 valence electrons. The molecule has 2 fully saturated rings. The number of carbonyl (C=O) groups excluding carboxylic acids is 1. The van der Waals surface area contributed by atoms with Crippen LogP contribution in [-0.4, -0.2) is 29.9 Å². The average Bonchev–Trinajstić information content (AvgIpc) is 3.24. The fourth-order valence-electron chi connectivity index (χ4n) is 7.36. The molecule has 1 amide bonds. The fraction of sp³-hybridized carbons (Fsp3) is 0.528. The molecule has 45 heavy (non-hydrogen) atoms. The minimum Gasteiger partial charge on any atom is -0.346 e. The Morgan fingerprint density at radius 2 is 1.62 bits per heavy atom. The highest BCUT2D eigenvalue weighted by Crippen LogP contribution is 2.47. The van der Waals surface area contributed by atoms with Gasteiger partial charge in [-0.15, -0.1) is 0 Å². The Morgan fingerprint density at radius 1 is 0.956 bits per heavy atom. The molecule has 5 rings (SSSR count). The zero-order valence-electron chi connectivity index (χ0n) is 26.5. The number of alkyl halides is 6. The topological polar surface area (TPSA) is 23.6 Å². The summed E-state index contributed by atoms with van der Waals surface area (Å²) in [6.45, 7) is 13.7. The summed E-state index contributed by atoms with van der Waals surface area (Å²) in [5, 5.41) is 0. The zero-order valence-corrected chi connectivity index (χ0v) is 26.5. The molecule has 3 aliphatic rings. The van der Waals surface area contributed by atoms with Gasteiger partial charge < -0.3 is 9.80 Å². The van der Waals surface area contributed by atoms with Gasteiger partial charge in [0.15, 0.2) is 0 Å². The van der Waals surface area contributed by atoms with E-state index in [2.05, 4.69) is 50.4 Å². The van der Waals surface area contributed by atoms with Crippen LogP contribution in [-0.2, 0) is 23.6 Å². The molecule has 2 aliphatic heterocycles. The summed E-state index contributed by atoms with van der Waals surface area (Å²) < 4.78 is 81.8. The number of rotatable bonds is 6. The maximum atomic E-state index is 13.6. The smallest absolute Gasteiger partial charge is 0.346 e. The standard InChI is InChI=1S/C36H42F6N2O/c1-6-24-10-11-29(43-14-8-7-9-22(43)2)18-32(24)30-12-13-34(4,5)20-26(30)21-44-23(3)31(19-33(44)45)25-15-27(35(37,38)39)17-28(16-25)36(40,41)42/h10-11,15-18,23,31H,2,6-9,12-14,19-21H2,1,3-5H3. The SMILES string of the molecule is C=C1CCCCN1c1ccc(CC)c(C2=C(CN3C(=O)CC(c4cc(C(F)(F)F)cc(C(F)(F)F)c4)C3C)CC(C)(C)CC2)c1. The van der Waals surface area contributed by atoms with Crippen LogP contribution in [0.4, 0.5) is 32.0 Å². The van der Waals surface area contributed by atoms with Gasteiger partial charge in [0.05, 0.1) is 11.1 Å². The summed E-state index contributed by atoms with van der Waals surface area (Å²) in [7, 11) is 0. The van der Waals surface area contributed by atoms with E-state index in [1.54, 1.807) is 11.8 Å². The highest BCUT2D eigenvalue weighted by Gasteiger charge is 2.43. The molecule has 0 radical (unpaired) electrons. The number of nitrogens with zero attached hydrogens (tertiary/aromatic N) is 2. The Morgan fingerprint density at radius 3 is 2.22 bits per heavy atom. The Balaban J connectivity index is 1.52. The molecular formula is C36H42F6N2O. The van der Waals surface area contributed by atoms with Gasteiger partial charge in [-0.25, -0.2) is 0 Å². The first-order chi connectivity index (χ1) is 21.0. The Kier molecular flexibility index (Phi) is 8.97. The van der Waals surface area contributed by atoms with Crippen LogP contribution in [0.5, 0.6) is 0 Å². The molecule has 2 unspecified atom stereocenters. The van der Waals surface area contributed by atoms with Crippen LogP contribution >= 0.6 is 0 Å². The Bertz CT molecular complexity index is 1470. The van der Waals surface area contributed by atoms with Crippen LogP contribution in [0, 0.1) is 5.41 Å². The van der Waals surface area contributed by atoms with Gasteiger partial charge in [0.25, 0.3) is 0 Å². The summed E-state index contributed by atoms with van der Waals surface area (Å²) >= 11 is 0. The van der Waals surface area contributed by atoms with Crippen molar-refractivity contribution in [2.75, 3.05) is 18.0 Å². The van der Waals surface area contributed by atoms with Gasteiger partial charge in [-0.1, -0.05) is 33.4 Å². The molecule has 2 aromatic carbocycles. The van der Waals surface area contributed by atoms with Crippen LogP contribution < -0.4 is 4.90 Å². The van der Waals surface area contributed by atoms with Crippen molar-refractivity contribution in [3.8, 4) is 0 Å². The molecule has 0 aromatic heterocycles. The first kappa shape index (κ1) is 33.1. The number of hydrogen-bond acceptors (Lipinski definition) is 2. The van der Waals surface area contributed by atoms with Crippen LogP contribution in [0.25, 0.3) is 5.57 Å². The minimum absolute atomic E-state index is 0.0158. The third-order valence-corrected chi connectivity index (χ3v) is 9.95. The Labute approximate surface area is 262 Å². The predicted octanol–water partition coefficient (Wildman–Crippen LogP) is 10.2. The first-order valence-electron chi connectivity index (χ1n) is 15.9. The summed E-state index contributed by atoms with van der Waals surface area (Å²) in [5.41, 5.74) is 4.02. The van der Waals surface area contributed by atoms with Crippen molar-refractivity contribution in [2.45, 2.75) is 103 Å². The lowest BCUT2D eigenvalue weighted by atomic mass is 9.72. The van der Waals surface area contributed by atoms with Gasteiger partial charge >= 0.3 is 12.4 Å². The molecule has 0 saturated carbocycles. The number of amides is 1. The molecule has 2 saturated heterocycles. The molecule has 0 spiro atoms. The second kappa shape index (κ2) is 12.2. The van der Waals surface area contributed by atoms with Gasteiger partial charge in [0.1, 0.15) is 0 Å². The fourth-order valence-corrected chi connectivity index (χ4v) is 7.36. The number of benzene rings is 2. The van der Waals surface area contributed by atoms with Crippen LogP contribution in [0.1, 0.15) is 106 Å². The number of aryl methyl sites for hydroxylation is 1. The highest BCUT2D eigenvalue weighted by molar-refractivity contribution is 5.82. The second-order valence-electron chi connectivity index (χ2n) is 13.7. The van der Waals surface area contributed by atoms with E-state index in [9.17, 15) is 31.1 Å². The van der Waals surface area contributed by atoms with E-state index < -0.39 is 35.4 Å². The summed E-state index contributed by atoms with van der Waals surface area (Å²) in [4.78, 5) is 17.4. The van der Waals surface area contributed by atoms with E-state index in [-0.39, 0.29) is 29.4 Å². The molecule has 2 heterocycles. The quantitative estimate of drug-likeness (QED) is 0.296. The van der Waals surface area contributed by atoms with Gasteiger partial charge in [0.2, 0.25) is 5.91 Å². The summed E-state index contributed by atoms with van der Waals surface area (Å²) in [5.74, 6) is -1.05. The third-order valence-electron chi connectivity index (χ3n) is 9.95. The van der Waals surface area contributed by atoms with E-state index in [1.807, 2.05) is 0 Å². The molecule has 0 bridgehead atoms. The van der Waals surface area contributed by atoms with Crippen LogP contribution in [0.3, 0.4) is 0 Å². The van der Waals surface area contributed by atoms with Crippen LogP contribution in [0.15, 0.2) is 54.2 Å². The maximum Gasteiger partial charge on any atom is 0.416 e. The van der Waals surface area contributed by atoms with E-state index >= 15 is 0 Å². The van der Waals surface area contributed by atoms with Gasteiger partial charge in [0, 0.05) is 42.9 Å². The van der Waals surface area contributed by atoms with Crippen molar-refractivity contribution in [3.05, 3.63) is 82.1 Å². The number of likely N-dealkylation sites (tertiary alicyclic amines) is 1. The predicted molar refractivity (Wildman–Crippen MR) is 166 cm³/mol. The Hall–Kier alpha value is -3.23. The van der Waals surface area contributed by atoms with Gasteiger partial charge in [-0.05, 0) is 115 Å². The number of carbonyl (C=O) groups is 1. The van der Waals surface area contributed by atoms with E-state index in [0.717, 1.165) is 86.1 Å². The maximum absolute atomic E-state index is 13.6. The monoisotopic (exact) mass is 632 g/mol. The van der Waals surface area contributed by atoms with Crippen molar-refractivity contribution in [1.29, 1.82) is 0 Å². The first-order valence-corrected chi connectivity index (χ1v) is 15.9. The molecule has 2 atom stereocenters. The van der Waals surface area contributed by atoms with Crippen molar-refractivity contribution >= 4 is 17.2 Å². The molecule has 0 N–H and O–H groups in total. The minimum atomic E-state index is -4.94. The number of anilines is 1. The van der Waals surface area contributed by atoms with E-state index in [4.69, 9.17) is 0 Å². The molecule has 1 aliphatic carbocycles. The zero-order chi connectivity index (χ0) is 32.9. The number of allylic oxidation sites excluding steroid dienone is 2. The van der Waals surface area contributed by atoms with Crippen molar-refractivity contribution in [2.24, 2.45) is 5.41 Å². The lowest BCUT2D eigenvalue weighted by Gasteiger charge is -2.37. The third kappa shape index (κ3) is 6.97. The lowest BCUT2D eigenvalue weighted by molar-refractivity contribution is -0.143. The summed E-state index contributed by atoms with van der Waals surface area (Å²) in [6, 6.07) is 7.67. The van der Waals surface area contributed by atoms with Gasteiger partial charge in [-0.3, -0.25) is 4.79 Å². The normalized spacial score (nSPS) is 22.9. The molecule has 9 heteroatoms. The highest BCUT2D eigenvalue weighted by atomic mass is 19.4. The lowest BCUT2D eigenvalue weighted by Crippen LogP contribution is -2.36. The van der Waals surface area contributed by atoms with E-state index in [0.29, 0.717) is 6.54 Å². The molecular weight excluding hydrogens is 590 g/mol. The van der Waals surface area contributed by atoms with Crippen molar-refractivity contribution in [1.82, 2.24) is 4.90 Å². The molecule has 3 nitrogen and oxygen atoms in total. The largest absolute Gasteiger partial charge is 0.416 e. The second-order valence-corrected chi connectivity index (χ2v) is 13.7. The number of halogens is 6. The molecule has 2 aromatic rings. The summed E-state index contributed by atoms with van der Waals surface area (Å²) in [6.07, 6.45) is -3.49. The van der Waals surface area contributed by atoms with Crippen LogP contribution in [0.2, 0.25) is 0 Å². The van der Waals surface area contributed by atoms with Crippen molar-refractivity contribution in [3.63, 3.8) is 0 Å². The van der Waals surface area contributed by atoms with Gasteiger partial charge in [-0.2, -0.15) is 26.3 Å². The average molecular weight is 633 g/mol. The number of piperidine rings is 1.